The first kappa shape index (κ1) is 16.4. The molecule has 0 saturated carbocycles. The summed E-state index contributed by atoms with van der Waals surface area (Å²) in [5.74, 6) is -0.257. The Hall–Kier alpha value is -3.79. The highest BCUT2D eigenvalue weighted by atomic mass is 19.1. The van der Waals surface area contributed by atoms with Crippen molar-refractivity contribution in [1.29, 1.82) is 0 Å². The van der Waals surface area contributed by atoms with E-state index in [-0.39, 0.29) is 5.82 Å². The van der Waals surface area contributed by atoms with Gasteiger partial charge in [-0.2, -0.15) is 5.10 Å². The van der Waals surface area contributed by atoms with Crippen LogP contribution in [0.1, 0.15) is 0 Å². The second kappa shape index (κ2) is 6.74. The van der Waals surface area contributed by atoms with E-state index < -0.39 is 0 Å². The quantitative estimate of drug-likeness (QED) is 0.400. The number of aromatic nitrogens is 3. The highest BCUT2D eigenvalue weighted by Gasteiger charge is 2.12. The van der Waals surface area contributed by atoms with Gasteiger partial charge in [-0.1, -0.05) is 66.7 Å². The Labute approximate surface area is 161 Å². The Balaban J connectivity index is 1.57. The molecule has 28 heavy (non-hydrogen) atoms. The number of halogens is 1. The largest absolute Gasteiger partial charge is 0.236 e. The van der Waals surface area contributed by atoms with Crippen molar-refractivity contribution in [3.05, 3.63) is 103 Å². The van der Waals surface area contributed by atoms with Crippen LogP contribution >= 0.6 is 0 Å². The van der Waals surface area contributed by atoms with Crippen molar-refractivity contribution in [3.8, 4) is 33.5 Å². The minimum Gasteiger partial charge on any atom is -0.236 e. The highest BCUT2D eigenvalue weighted by molar-refractivity contribution is 5.79. The lowest BCUT2D eigenvalue weighted by molar-refractivity contribution is 0.628. The number of hydrogen-bond acceptors (Lipinski definition) is 2. The molecule has 3 aromatic carbocycles. The van der Waals surface area contributed by atoms with Crippen molar-refractivity contribution in [2.75, 3.05) is 0 Å². The van der Waals surface area contributed by atoms with E-state index in [0.717, 1.165) is 28.0 Å². The third-order valence-corrected chi connectivity index (χ3v) is 4.84. The van der Waals surface area contributed by atoms with Gasteiger partial charge in [0.15, 0.2) is 5.65 Å². The zero-order valence-corrected chi connectivity index (χ0v) is 15.0. The van der Waals surface area contributed by atoms with E-state index in [0.29, 0.717) is 0 Å². The minimum atomic E-state index is -0.257. The molecule has 0 saturated heterocycles. The van der Waals surface area contributed by atoms with Crippen LogP contribution in [0.2, 0.25) is 0 Å². The fourth-order valence-corrected chi connectivity index (χ4v) is 3.41. The molecule has 0 bridgehead atoms. The van der Waals surface area contributed by atoms with Gasteiger partial charge >= 0.3 is 0 Å². The first-order valence-electron chi connectivity index (χ1n) is 9.04. The molecule has 0 aliphatic heterocycles. The standard InChI is InChI=1S/C24H16FN3/c25-21-12-10-19(11-13-21)22-16-27-28-23(14-15-26-24(22)28)20-8-6-18(7-9-20)17-4-2-1-3-5-17/h1-16H. The van der Waals surface area contributed by atoms with Gasteiger partial charge in [-0.25, -0.2) is 13.9 Å². The normalized spacial score (nSPS) is 11.0. The molecule has 134 valence electrons. The summed E-state index contributed by atoms with van der Waals surface area (Å²) in [6, 6.07) is 27.0. The molecule has 0 aliphatic carbocycles. The molecule has 0 N–H and O–H groups in total. The van der Waals surface area contributed by atoms with E-state index in [4.69, 9.17) is 0 Å². The summed E-state index contributed by atoms with van der Waals surface area (Å²) >= 11 is 0. The van der Waals surface area contributed by atoms with Gasteiger partial charge < -0.3 is 0 Å². The number of nitrogens with zero attached hydrogens (tertiary/aromatic N) is 3. The fraction of sp³-hybridized carbons (Fsp3) is 0. The summed E-state index contributed by atoms with van der Waals surface area (Å²) in [5, 5.41) is 4.53. The van der Waals surface area contributed by atoms with Gasteiger partial charge in [0.1, 0.15) is 5.82 Å². The maximum atomic E-state index is 13.2. The average Bonchev–Trinajstić information content (AvgIpc) is 3.19. The van der Waals surface area contributed by atoms with Crippen LogP contribution in [-0.2, 0) is 0 Å². The van der Waals surface area contributed by atoms with E-state index in [1.807, 2.05) is 28.8 Å². The Kier molecular flexibility index (Phi) is 3.95. The van der Waals surface area contributed by atoms with Gasteiger partial charge in [0.2, 0.25) is 0 Å². The molecule has 0 atom stereocenters. The van der Waals surface area contributed by atoms with Gasteiger partial charge in [-0.15, -0.1) is 0 Å². The summed E-state index contributed by atoms with van der Waals surface area (Å²) in [7, 11) is 0. The van der Waals surface area contributed by atoms with Crippen LogP contribution in [0.4, 0.5) is 4.39 Å². The molecule has 0 fully saturated rings. The van der Waals surface area contributed by atoms with Crippen molar-refractivity contribution < 1.29 is 4.39 Å². The maximum Gasteiger partial charge on any atom is 0.163 e. The predicted octanol–water partition coefficient (Wildman–Crippen LogP) is 5.87. The molecule has 0 spiro atoms. The molecule has 2 heterocycles. The molecule has 5 aromatic rings. The minimum absolute atomic E-state index is 0.257. The molecule has 0 radical (unpaired) electrons. The van der Waals surface area contributed by atoms with E-state index in [9.17, 15) is 4.39 Å². The van der Waals surface area contributed by atoms with Crippen LogP contribution in [0.15, 0.2) is 97.3 Å². The van der Waals surface area contributed by atoms with Gasteiger partial charge in [-0.3, -0.25) is 0 Å². The van der Waals surface area contributed by atoms with Crippen molar-refractivity contribution in [1.82, 2.24) is 14.6 Å². The molecule has 2 aromatic heterocycles. The Morgan fingerprint density at radius 2 is 1.29 bits per heavy atom. The SMILES string of the molecule is Fc1ccc(-c2cnn3c(-c4ccc(-c5ccccc5)cc4)ccnc23)cc1. The van der Waals surface area contributed by atoms with E-state index in [1.54, 1.807) is 24.5 Å². The molecular formula is C24H16FN3. The van der Waals surface area contributed by atoms with Gasteiger partial charge in [0.25, 0.3) is 0 Å². The van der Waals surface area contributed by atoms with Crippen molar-refractivity contribution in [2.24, 2.45) is 0 Å². The van der Waals surface area contributed by atoms with Crippen LogP contribution < -0.4 is 0 Å². The molecule has 4 heteroatoms. The van der Waals surface area contributed by atoms with Gasteiger partial charge in [0, 0.05) is 17.3 Å². The third kappa shape index (κ3) is 2.85. The molecular weight excluding hydrogens is 349 g/mol. The Bertz CT molecular complexity index is 1240. The lowest BCUT2D eigenvalue weighted by Gasteiger charge is -2.07. The Morgan fingerprint density at radius 1 is 0.643 bits per heavy atom. The zero-order chi connectivity index (χ0) is 18.9. The number of benzene rings is 3. The first-order chi connectivity index (χ1) is 13.8. The fourth-order valence-electron chi connectivity index (χ4n) is 3.41. The van der Waals surface area contributed by atoms with E-state index in [1.165, 1.54) is 23.3 Å². The summed E-state index contributed by atoms with van der Waals surface area (Å²) in [4.78, 5) is 4.50. The number of rotatable bonds is 3. The summed E-state index contributed by atoms with van der Waals surface area (Å²) in [6.07, 6.45) is 3.56. The summed E-state index contributed by atoms with van der Waals surface area (Å²) < 4.78 is 15.1. The van der Waals surface area contributed by atoms with Crippen LogP contribution in [0.5, 0.6) is 0 Å². The van der Waals surface area contributed by atoms with E-state index in [2.05, 4.69) is 46.5 Å². The maximum absolute atomic E-state index is 13.2. The van der Waals surface area contributed by atoms with E-state index >= 15 is 0 Å². The number of hydrogen-bond donors (Lipinski definition) is 0. The summed E-state index contributed by atoms with van der Waals surface area (Å²) in [5.41, 5.74) is 6.88. The molecule has 0 unspecified atom stereocenters. The monoisotopic (exact) mass is 365 g/mol. The number of fused-ring (bicyclic) bond motifs is 1. The van der Waals surface area contributed by atoms with Crippen molar-refractivity contribution in [3.63, 3.8) is 0 Å². The zero-order valence-electron chi connectivity index (χ0n) is 15.0. The second-order valence-corrected chi connectivity index (χ2v) is 6.57. The van der Waals surface area contributed by atoms with Crippen LogP contribution in [0, 0.1) is 5.82 Å². The van der Waals surface area contributed by atoms with Crippen LogP contribution in [-0.4, -0.2) is 14.6 Å². The first-order valence-corrected chi connectivity index (χ1v) is 9.04. The van der Waals surface area contributed by atoms with Crippen LogP contribution in [0.25, 0.3) is 39.2 Å². The van der Waals surface area contributed by atoms with Gasteiger partial charge in [-0.05, 0) is 34.9 Å². The second-order valence-electron chi connectivity index (χ2n) is 6.57. The molecule has 3 nitrogen and oxygen atoms in total. The van der Waals surface area contributed by atoms with Crippen LogP contribution in [0.3, 0.4) is 0 Å². The molecule has 0 amide bonds. The molecule has 0 aliphatic rings. The predicted molar refractivity (Wildman–Crippen MR) is 109 cm³/mol. The van der Waals surface area contributed by atoms with Crippen molar-refractivity contribution >= 4 is 5.65 Å². The van der Waals surface area contributed by atoms with Gasteiger partial charge in [0.05, 0.1) is 11.9 Å². The lowest BCUT2D eigenvalue weighted by Crippen LogP contribution is -1.95. The topological polar surface area (TPSA) is 30.2 Å². The highest BCUT2D eigenvalue weighted by Crippen LogP contribution is 2.28. The average molecular weight is 365 g/mol. The molecule has 5 rings (SSSR count). The third-order valence-electron chi connectivity index (χ3n) is 4.84. The smallest absolute Gasteiger partial charge is 0.163 e. The van der Waals surface area contributed by atoms with Crippen molar-refractivity contribution in [2.45, 2.75) is 0 Å². The summed E-state index contributed by atoms with van der Waals surface area (Å²) in [6.45, 7) is 0. The Morgan fingerprint density at radius 3 is 2.04 bits per heavy atom. The lowest BCUT2D eigenvalue weighted by atomic mass is 10.0.